The molecule has 0 saturated heterocycles. The van der Waals surface area contributed by atoms with Crippen LogP contribution in [0.2, 0.25) is 0 Å². The highest BCUT2D eigenvalue weighted by Crippen LogP contribution is 2.23. The molecular weight excluding hydrogens is 336 g/mol. The number of hydrogen-bond acceptors (Lipinski definition) is 3. The standard InChI is InChI=1S/C22H20N4O/c27-22(26-19-4-2-12-23-14-19)5-1-3-16-6-8-17(9-7-16)18-10-11-20-21(13-18)25-15-24-20/h2,4,6-15H,1,3,5H2,(H,24,25)(H,26,27). The SMILES string of the molecule is O=C(CCCc1ccc(-c2ccc3nc[nH]c3c2)cc1)Nc1cccnc1. The van der Waals surface area contributed by atoms with Gasteiger partial charge >= 0.3 is 0 Å². The number of nitrogens with one attached hydrogen (secondary N) is 2. The molecule has 2 heterocycles. The van der Waals surface area contributed by atoms with Crippen molar-refractivity contribution in [2.24, 2.45) is 0 Å². The van der Waals surface area contributed by atoms with Gasteiger partial charge in [0.15, 0.2) is 0 Å². The molecule has 0 bridgehead atoms. The normalized spacial score (nSPS) is 10.8. The molecule has 0 unspecified atom stereocenters. The summed E-state index contributed by atoms with van der Waals surface area (Å²) in [5.74, 6) is 0.0208. The molecular formula is C22H20N4O. The van der Waals surface area contributed by atoms with Gasteiger partial charge in [0, 0.05) is 12.6 Å². The maximum atomic E-state index is 12.0. The number of aryl methyl sites for hydroxylation is 1. The van der Waals surface area contributed by atoms with Crippen LogP contribution in [0.25, 0.3) is 22.2 Å². The Kier molecular flexibility index (Phi) is 4.92. The Morgan fingerprint density at radius 3 is 2.70 bits per heavy atom. The van der Waals surface area contributed by atoms with E-state index in [9.17, 15) is 4.79 Å². The molecule has 0 atom stereocenters. The first-order chi connectivity index (χ1) is 13.3. The number of anilines is 1. The number of fused-ring (bicyclic) bond motifs is 1. The van der Waals surface area contributed by atoms with Gasteiger partial charge in [-0.15, -0.1) is 0 Å². The monoisotopic (exact) mass is 356 g/mol. The minimum absolute atomic E-state index is 0.0208. The van der Waals surface area contributed by atoms with Crippen LogP contribution in [0.15, 0.2) is 73.3 Å². The zero-order valence-electron chi connectivity index (χ0n) is 14.9. The lowest BCUT2D eigenvalue weighted by atomic mass is 10.0. The molecule has 1 amide bonds. The average molecular weight is 356 g/mol. The predicted molar refractivity (Wildman–Crippen MR) is 107 cm³/mol. The fraction of sp³-hybridized carbons (Fsp3) is 0.136. The van der Waals surface area contributed by atoms with E-state index in [2.05, 4.69) is 56.7 Å². The van der Waals surface area contributed by atoms with E-state index in [0.29, 0.717) is 6.42 Å². The summed E-state index contributed by atoms with van der Waals surface area (Å²) in [5, 5.41) is 2.86. The zero-order chi connectivity index (χ0) is 18.5. The Labute approximate surface area is 157 Å². The topological polar surface area (TPSA) is 70.7 Å². The van der Waals surface area contributed by atoms with Crippen molar-refractivity contribution in [1.29, 1.82) is 0 Å². The molecule has 2 N–H and O–H groups in total. The van der Waals surface area contributed by atoms with Crippen molar-refractivity contribution in [2.45, 2.75) is 19.3 Å². The summed E-state index contributed by atoms with van der Waals surface area (Å²) in [6, 6.07) is 18.4. The van der Waals surface area contributed by atoms with Crippen molar-refractivity contribution in [3.05, 3.63) is 78.9 Å². The number of H-pyrrole nitrogens is 1. The van der Waals surface area contributed by atoms with Gasteiger partial charge in [-0.2, -0.15) is 0 Å². The molecule has 0 aliphatic carbocycles. The molecule has 0 radical (unpaired) electrons. The van der Waals surface area contributed by atoms with E-state index in [-0.39, 0.29) is 5.91 Å². The Hall–Kier alpha value is -3.47. The number of aromatic amines is 1. The molecule has 0 aliphatic heterocycles. The number of carbonyl (C=O) groups is 1. The van der Waals surface area contributed by atoms with Crippen LogP contribution >= 0.6 is 0 Å². The molecule has 0 fully saturated rings. The van der Waals surface area contributed by atoms with Gasteiger partial charge in [-0.25, -0.2) is 4.98 Å². The van der Waals surface area contributed by atoms with E-state index in [0.717, 1.165) is 35.1 Å². The molecule has 2 aromatic carbocycles. The van der Waals surface area contributed by atoms with E-state index in [1.54, 1.807) is 24.8 Å². The molecule has 4 aromatic rings. The van der Waals surface area contributed by atoms with Gasteiger partial charge in [0.2, 0.25) is 5.91 Å². The molecule has 0 spiro atoms. The number of nitrogens with zero attached hydrogens (tertiary/aromatic N) is 2. The van der Waals surface area contributed by atoms with Crippen LogP contribution in [0.3, 0.4) is 0 Å². The number of imidazole rings is 1. The van der Waals surface area contributed by atoms with E-state index in [4.69, 9.17) is 0 Å². The van der Waals surface area contributed by atoms with E-state index in [1.165, 1.54) is 11.1 Å². The minimum atomic E-state index is 0.0208. The van der Waals surface area contributed by atoms with Crippen molar-refractivity contribution in [1.82, 2.24) is 15.0 Å². The van der Waals surface area contributed by atoms with Crippen LogP contribution in [0.1, 0.15) is 18.4 Å². The Balaban J connectivity index is 1.32. The summed E-state index contributed by atoms with van der Waals surface area (Å²) in [5.41, 5.74) is 6.31. The van der Waals surface area contributed by atoms with Crippen LogP contribution in [0, 0.1) is 0 Å². The van der Waals surface area contributed by atoms with Gasteiger partial charge in [-0.05, 0) is 53.8 Å². The number of hydrogen-bond donors (Lipinski definition) is 2. The summed E-state index contributed by atoms with van der Waals surface area (Å²) >= 11 is 0. The maximum absolute atomic E-state index is 12.0. The average Bonchev–Trinajstić information content (AvgIpc) is 3.17. The lowest BCUT2D eigenvalue weighted by molar-refractivity contribution is -0.116. The highest BCUT2D eigenvalue weighted by atomic mass is 16.1. The van der Waals surface area contributed by atoms with E-state index in [1.807, 2.05) is 12.1 Å². The molecule has 134 valence electrons. The van der Waals surface area contributed by atoms with E-state index >= 15 is 0 Å². The molecule has 0 aliphatic rings. The molecule has 4 rings (SSSR count). The van der Waals surface area contributed by atoms with Gasteiger partial charge in [-0.1, -0.05) is 30.3 Å². The summed E-state index contributed by atoms with van der Waals surface area (Å²) in [4.78, 5) is 23.4. The first-order valence-corrected chi connectivity index (χ1v) is 9.00. The first kappa shape index (κ1) is 17.0. The lowest BCUT2D eigenvalue weighted by Crippen LogP contribution is -2.11. The minimum Gasteiger partial charge on any atom is -0.345 e. The van der Waals surface area contributed by atoms with Gasteiger partial charge in [0.1, 0.15) is 0 Å². The van der Waals surface area contributed by atoms with Crippen molar-refractivity contribution < 1.29 is 4.79 Å². The number of benzene rings is 2. The Morgan fingerprint density at radius 1 is 1.04 bits per heavy atom. The van der Waals surface area contributed by atoms with Crippen molar-refractivity contribution in [2.75, 3.05) is 5.32 Å². The number of pyridine rings is 1. The predicted octanol–water partition coefficient (Wildman–Crippen LogP) is 4.59. The Bertz CT molecular complexity index is 1040. The van der Waals surface area contributed by atoms with Crippen LogP contribution in [0.5, 0.6) is 0 Å². The van der Waals surface area contributed by atoms with Crippen molar-refractivity contribution in [3.63, 3.8) is 0 Å². The number of aromatic nitrogens is 3. The number of carbonyl (C=O) groups excluding carboxylic acids is 1. The van der Waals surface area contributed by atoms with Crippen molar-refractivity contribution in [3.8, 4) is 11.1 Å². The Morgan fingerprint density at radius 2 is 1.89 bits per heavy atom. The molecule has 5 heteroatoms. The highest BCUT2D eigenvalue weighted by molar-refractivity contribution is 5.90. The second-order valence-electron chi connectivity index (χ2n) is 6.47. The van der Waals surface area contributed by atoms with Crippen LogP contribution in [-0.4, -0.2) is 20.9 Å². The third-order valence-electron chi connectivity index (χ3n) is 4.52. The fourth-order valence-corrected chi connectivity index (χ4v) is 3.09. The number of amides is 1. The largest absolute Gasteiger partial charge is 0.345 e. The van der Waals surface area contributed by atoms with Crippen LogP contribution in [0.4, 0.5) is 5.69 Å². The third-order valence-corrected chi connectivity index (χ3v) is 4.52. The summed E-state index contributed by atoms with van der Waals surface area (Å²) in [6.07, 6.45) is 7.23. The first-order valence-electron chi connectivity index (χ1n) is 9.00. The van der Waals surface area contributed by atoms with E-state index < -0.39 is 0 Å². The van der Waals surface area contributed by atoms with Crippen LogP contribution < -0.4 is 5.32 Å². The fourth-order valence-electron chi connectivity index (χ4n) is 3.09. The molecule has 27 heavy (non-hydrogen) atoms. The van der Waals surface area contributed by atoms with Gasteiger partial charge < -0.3 is 10.3 Å². The smallest absolute Gasteiger partial charge is 0.224 e. The molecule has 2 aromatic heterocycles. The van der Waals surface area contributed by atoms with Crippen molar-refractivity contribution >= 4 is 22.6 Å². The summed E-state index contributed by atoms with van der Waals surface area (Å²) in [7, 11) is 0. The zero-order valence-corrected chi connectivity index (χ0v) is 14.9. The summed E-state index contributed by atoms with van der Waals surface area (Å²) in [6.45, 7) is 0. The van der Waals surface area contributed by atoms with Gasteiger partial charge in [0.05, 0.1) is 29.2 Å². The maximum Gasteiger partial charge on any atom is 0.224 e. The van der Waals surface area contributed by atoms with Crippen LogP contribution in [-0.2, 0) is 11.2 Å². The van der Waals surface area contributed by atoms with Gasteiger partial charge in [-0.3, -0.25) is 9.78 Å². The molecule has 5 nitrogen and oxygen atoms in total. The second kappa shape index (κ2) is 7.83. The lowest BCUT2D eigenvalue weighted by Gasteiger charge is -2.06. The number of rotatable bonds is 6. The second-order valence-corrected chi connectivity index (χ2v) is 6.47. The molecule has 0 saturated carbocycles. The highest BCUT2D eigenvalue weighted by Gasteiger charge is 2.04. The quantitative estimate of drug-likeness (QED) is 0.531. The summed E-state index contributed by atoms with van der Waals surface area (Å²) < 4.78 is 0. The van der Waals surface area contributed by atoms with Gasteiger partial charge in [0.25, 0.3) is 0 Å². The third kappa shape index (κ3) is 4.20.